The molecule has 0 fully saturated rings. The van der Waals surface area contributed by atoms with Gasteiger partial charge in [0.25, 0.3) is 0 Å². The fourth-order valence-corrected chi connectivity index (χ4v) is 5.38. The minimum Gasteiger partial charge on any atom is -0.463 e. The highest BCUT2D eigenvalue weighted by atomic mass is 32.2. The highest BCUT2D eigenvalue weighted by Crippen LogP contribution is 2.45. The lowest BCUT2D eigenvalue weighted by Gasteiger charge is -2.37. The number of fused-ring (bicyclic) bond motifs is 1. The first-order valence-corrected chi connectivity index (χ1v) is 12.8. The van der Waals surface area contributed by atoms with Crippen molar-refractivity contribution in [3.05, 3.63) is 93.7 Å². The van der Waals surface area contributed by atoms with Crippen LogP contribution in [0.4, 0.5) is 0 Å². The molecule has 0 spiro atoms. The number of thioether (sulfide) groups is 1. The summed E-state index contributed by atoms with van der Waals surface area (Å²) in [4.78, 5) is 32.6. The Morgan fingerprint density at radius 1 is 1.09 bits per heavy atom. The number of nitrogens with zero attached hydrogens (tertiary/aromatic N) is 2. The quantitative estimate of drug-likeness (QED) is 0.384. The lowest BCUT2D eigenvalue weighted by atomic mass is 9.91. The number of rotatable bonds is 9. The van der Waals surface area contributed by atoms with Crippen LogP contribution in [0.2, 0.25) is 0 Å². The average Bonchev–Trinajstić information content (AvgIpc) is 3.24. The predicted octanol–water partition coefficient (Wildman–Crippen LogP) is 5.27. The van der Waals surface area contributed by atoms with Crippen LogP contribution < -0.4 is 5.32 Å². The molecule has 0 saturated carbocycles. The van der Waals surface area contributed by atoms with E-state index in [0.717, 1.165) is 34.8 Å². The van der Waals surface area contributed by atoms with Gasteiger partial charge < -0.3 is 15.0 Å². The van der Waals surface area contributed by atoms with Crippen LogP contribution in [0.5, 0.6) is 0 Å². The first kappa shape index (κ1) is 24.8. The van der Waals surface area contributed by atoms with Crippen molar-refractivity contribution in [3.8, 4) is 0 Å². The third-order valence-corrected chi connectivity index (χ3v) is 7.02. The van der Waals surface area contributed by atoms with Gasteiger partial charge in [0, 0.05) is 12.2 Å². The number of nitrogens with one attached hydrogen (secondary N) is 1. The molecule has 1 amide bonds. The van der Waals surface area contributed by atoms with Crippen LogP contribution in [0.25, 0.3) is 0 Å². The maximum absolute atomic E-state index is 13.0. The van der Waals surface area contributed by atoms with E-state index in [4.69, 9.17) is 9.73 Å². The van der Waals surface area contributed by atoms with E-state index < -0.39 is 6.04 Å². The minimum absolute atomic E-state index is 0.0429. The Bertz CT molecular complexity index is 1190. The number of amides is 1. The van der Waals surface area contributed by atoms with Gasteiger partial charge in [0.2, 0.25) is 5.91 Å². The number of esters is 1. The summed E-state index contributed by atoms with van der Waals surface area (Å²) >= 11 is 1.48. The van der Waals surface area contributed by atoms with Crippen molar-refractivity contribution in [3.63, 3.8) is 0 Å². The largest absolute Gasteiger partial charge is 0.463 e. The van der Waals surface area contributed by atoms with Crippen LogP contribution in [0.15, 0.2) is 82.0 Å². The summed E-state index contributed by atoms with van der Waals surface area (Å²) < 4.78 is 5.41. The first-order chi connectivity index (χ1) is 17.0. The van der Waals surface area contributed by atoms with Crippen molar-refractivity contribution in [2.45, 2.75) is 46.1 Å². The second-order valence-electron chi connectivity index (χ2n) is 8.59. The third-order valence-electron chi connectivity index (χ3n) is 6.13. The zero-order valence-corrected chi connectivity index (χ0v) is 21.2. The Morgan fingerprint density at radius 2 is 1.83 bits per heavy atom. The van der Waals surface area contributed by atoms with E-state index in [1.165, 1.54) is 17.3 Å². The minimum atomic E-state index is -0.394. The molecule has 35 heavy (non-hydrogen) atoms. The van der Waals surface area contributed by atoms with Gasteiger partial charge in [-0.3, -0.25) is 4.79 Å². The van der Waals surface area contributed by atoms with Crippen LogP contribution in [-0.4, -0.2) is 35.1 Å². The molecule has 7 heteroatoms. The number of hydrogen-bond donors (Lipinski definition) is 1. The Balaban J connectivity index is 1.50. The molecule has 1 unspecified atom stereocenters. The summed E-state index contributed by atoms with van der Waals surface area (Å²) in [5.74, 6) is -0.415. The number of benzene rings is 2. The van der Waals surface area contributed by atoms with Crippen molar-refractivity contribution in [1.82, 2.24) is 10.2 Å². The molecule has 2 aromatic rings. The number of carbonyl (C=O) groups is 2. The van der Waals surface area contributed by atoms with Crippen LogP contribution in [-0.2, 0) is 20.7 Å². The number of allylic oxidation sites excluding steroid dienone is 1. The van der Waals surface area contributed by atoms with E-state index in [1.807, 2.05) is 66.6 Å². The standard InChI is InChI=1S/C28H31N3O3S/c1-4-34-27(33)25-20(3)30-28-31(26(25)23-15-9-8-11-19(23)2)22(18-35-28)17-24(32)29-16-10-14-21-12-6-5-7-13-21/h5-9,11-13,15,18,26H,4,10,14,16-17H2,1-3H3,(H,29,32). The van der Waals surface area contributed by atoms with Crippen LogP contribution in [0.3, 0.4) is 0 Å². The van der Waals surface area contributed by atoms with E-state index in [2.05, 4.69) is 17.4 Å². The number of carbonyl (C=O) groups excluding carboxylic acids is 2. The first-order valence-electron chi connectivity index (χ1n) is 12.0. The molecular weight excluding hydrogens is 458 g/mol. The fraction of sp³-hybridized carbons (Fsp3) is 0.321. The van der Waals surface area contributed by atoms with Gasteiger partial charge in [-0.2, -0.15) is 0 Å². The van der Waals surface area contributed by atoms with Gasteiger partial charge in [-0.1, -0.05) is 66.4 Å². The Morgan fingerprint density at radius 3 is 2.57 bits per heavy atom. The summed E-state index contributed by atoms with van der Waals surface area (Å²) in [5, 5.41) is 5.79. The predicted molar refractivity (Wildman–Crippen MR) is 141 cm³/mol. The van der Waals surface area contributed by atoms with E-state index in [0.29, 0.717) is 17.8 Å². The molecule has 0 bridgehead atoms. The summed E-state index contributed by atoms with van der Waals surface area (Å²) in [6, 6.07) is 17.9. The van der Waals surface area contributed by atoms with Crippen molar-refractivity contribution < 1.29 is 14.3 Å². The van der Waals surface area contributed by atoms with E-state index in [1.54, 1.807) is 6.92 Å². The maximum atomic E-state index is 13.0. The van der Waals surface area contributed by atoms with Crippen LogP contribution in [0.1, 0.15) is 49.4 Å². The van der Waals surface area contributed by atoms with E-state index in [-0.39, 0.29) is 24.9 Å². The van der Waals surface area contributed by atoms with Gasteiger partial charge in [0.15, 0.2) is 5.17 Å². The second-order valence-corrected chi connectivity index (χ2v) is 9.42. The molecule has 2 aromatic carbocycles. The molecule has 1 atom stereocenters. The third kappa shape index (κ3) is 5.68. The number of aliphatic imine (C=N–C) groups is 1. The Kier molecular flexibility index (Phi) is 8.08. The molecule has 182 valence electrons. The Hall–Kier alpha value is -3.32. The van der Waals surface area contributed by atoms with E-state index >= 15 is 0 Å². The monoisotopic (exact) mass is 489 g/mol. The zero-order valence-electron chi connectivity index (χ0n) is 20.4. The second kappa shape index (κ2) is 11.4. The normalized spacial score (nSPS) is 17.0. The highest BCUT2D eigenvalue weighted by molar-refractivity contribution is 8.16. The lowest BCUT2D eigenvalue weighted by molar-refractivity contribution is -0.139. The summed E-state index contributed by atoms with van der Waals surface area (Å²) in [7, 11) is 0. The summed E-state index contributed by atoms with van der Waals surface area (Å²) in [6.45, 7) is 6.58. The molecule has 2 aliphatic rings. The number of aryl methyl sites for hydroxylation is 2. The van der Waals surface area contributed by atoms with Crippen molar-refractivity contribution in [2.75, 3.05) is 13.2 Å². The van der Waals surface area contributed by atoms with Gasteiger partial charge in [-0.15, -0.1) is 0 Å². The Labute approximate surface area is 211 Å². The van der Waals surface area contributed by atoms with Crippen molar-refractivity contribution >= 4 is 28.8 Å². The SMILES string of the molecule is CCOC(=O)C1=C(C)N=C2SC=C(CC(=O)NCCCc3ccccc3)N2C1c1ccccc1C. The lowest BCUT2D eigenvalue weighted by Crippen LogP contribution is -2.38. The van der Waals surface area contributed by atoms with Gasteiger partial charge in [0.1, 0.15) is 0 Å². The van der Waals surface area contributed by atoms with Crippen LogP contribution >= 0.6 is 11.8 Å². The number of amidine groups is 1. The molecular formula is C28H31N3O3S. The van der Waals surface area contributed by atoms with Gasteiger partial charge >= 0.3 is 5.97 Å². The molecule has 0 aromatic heterocycles. The molecule has 0 radical (unpaired) electrons. The topological polar surface area (TPSA) is 71.0 Å². The summed E-state index contributed by atoms with van der Waals surface area (Å²) in [6.07, 6.45) is 2.01. The van der Waals surface area contributed by atoms with Gasteiger partial charge in [-0.05, 0) is 55.7 Å². The van der Waals surface area contributed by atoms with Gasteiger partial charge in [-0.25, -0.2) is 9.79 Å². The number of hydrogen-bond acceptors (Lipinski definition) is 6. The molecule has 4 rings (SSSR count). The average molecular weight is 490 g/mol. The molecule has 6 nitrogen and oxygen atoms in total. The van der Waals surface area contributed by atoms with Gasteiger partial charge in [0.05, 0.1) is 30.3 Å². The smallest absolute Gasteiger partial charge is 0.338 e. The maximum Gasteiger partial charge on any atom is 0.338 e. The van der Waals surface area contributed by atoms with Crippen LogP contribution in [0, 0.1) is 6.92 Å². The molecule has 2 heterocycles. The molecule has 2 aliphatic heterocycles. The van der Waals surface area contributed by atoms with Crippen molar-refractivity contribution in [2.24, 2.45) is 4.99 Å². The highest BCUT2D eigenvalue weighted by Gasteiger charge is 2.41. The van der Waals surface area contributed by atoms with Crippen molar-refractivity contribution in [1.29, 1.82) is 0 Å². The number of ether oxygens (including phenoxy) is 1. The summed E-state index contributed by atoms with van der Waals surface area (Å²) in [5.41, 5.74) is 5.32. The molecule has 1 N–H and O–H groups in total. The zero-order chi connectivity index (χ0) is 24.8. The fourth-order valence-electron chi connectivity index (χ4n) is 4.42. The van der Waals surface area contributed by atoms with E-state index in [9.17, 15) is 9.59 Å². The molecule has 0 aliphatic carbocycles. The molecule has 0 saturated heterocycles.